The molecule has 0 saturated carbocycles. The van der Waals surface area contributed by atoms with Crippen LogP contribution >= 0.6 is 0 Å². The van der Waals surface area contributed by atoms with Gasteiger partial charge in [-0.25, -0.2) is 8.42 Å². The van der Waals surface area contributed by atoms with E-state index >= 15 is 0 Å². The Hall–Kier alpha value is -2.17. The molecule has 9 nitrogen and oxygen atoms in total. The molecule has 0 atom stereocenters. The number of carbonyl (C=O) groups is 2. The third kappa shape index (κ3) is 7.48. The number of benzene rings is 1. The highest BCUT2D eigenvalue weighted by atomic mass is 32.2. The first kappa shape index (κ1) is 25.1. The SMILES string of the molecule is CCOc1ccc(S(=O)(=O)N2CCCCC2)cc1NC(=O)CN(C)CC(=O)NC(C)C. The number of amides is 2. The van der Waals surface area contributed by atoms with Crippen molar-refractivity contribution in [3.8, 4) is 5.75 Å². The van der Waals surface area contributed by atoms with Crippen LogP contribution in [0.1, 0.15) is 40.0 Å². The maximum absolute atomic E-state index is 13.0. The van der Waals surface area contributed by atoms with Crippen LogP contribution in [-0.4, -0.2) is 75.3 Å². The second-order valence-corrected chi connectivity index (χ2v) is 9.94. The van der Waals surface area contributed by atoms with Gasteiger partial charge in [0.05, 0.1) is 30.3 Å². The Bertz CT molecular complexity index is 867. The van der Waals surface area contributed by atoms with Gasteiger partial charge in [0.1, 0.15) is 5.75 Å². The highest BCUT2D eigenvalue weighted by molar-refractivity contribution is 7.89. The average molecular weight is 455 g/mol. The summed E-state index contributed by atoms with van der Waals surface area (Å²) in [6.45, 7) is 6.96. The van der Waals surface area contributed by atoms with E-state index in [4.69, 9.17) is 4.74 Å². The predicted molar refractivity (Wildman–Crippen MR) is 120 cm³/mol. The van der Waals surface area contributed by atoms with Crippen molar-refractivity contribution in [1.29, 1.82) is 0 Å². The molecule has 2 N–H and O–H groups in total. The van der Waals surface area contributed by atoms with E-state index in [1.54, 1.807) is 18.0 Å². The monoisotopic (exact) mass is 454 g/mol. The van der Waals surface area contributed by atoms with Crippen LogP contribution in [-0.2, 0) is 19.6 Å². The number of sulfonamides is 1. The molecule has 174 valence electrons. The molecule has 31 heavy (non-hydrogen) atoms. The molecule has 1 saturated heterocycles. The van der Waals surface area contributed by atoms with E-state index in [2.05, 4.69) is 10.6 Å². The summed E-state index contributed by atoms with van der Waals surface area (Å²) in [5, 5.41) is 5.51. The first-order valence-electron chi connectivity index (χ1n) is 10.7. The fourth-order valence-electron chi connectivity index (χ4n) is 3.41. The Labute approximate surface area is 185 Å². The number of hydrogen-bond donors (Lipinski definition) is 2. The minimum Gasteiger partial charge on any atom is -0.492 e. The third-order valence-electron chi connectivity index (χ3n) is 4.75. The molecule has 1 aliphatic heterocycles. The number of anilines is 1. The van der Waals surface area contributed by atoms with E-state index in [0.717, 1.165) is 19.3 Å². The Morgan fingerprint density at radius 2 is 1.77 bits per heavy atom. The molecule has 1 aromatic rings. The molecule has 1 fully saturated rings. The summed E-state index contributed by atoms with van der Waals surface area (Å²) >= 11 is 0. The van der Waals surface area contributed by atoms with Crippen molar-refractivity contribution in [2.24, 2.45) is 0 Å². The minimum absolute atomic E-state index is 0.0214. The van der Waals surface area contributed by atoms with Crippen molar-refractivity contribution in [2.45, 2.75) is 51.0 Å². The second-order valence-electron chi connectivity index (χ2n) is 8.00. The number of ether oxygens (including phenoxy) is 1. The van der Waals surface area contributed by atoms with Gasteiger partial charge in [-0.1, -0.05) is 6.42 Å². The molecule has 10 heteroatoms. The molecule has 0 aliphatic carbocycles. The van der Waals surface area contributed by atoms with Crippen LogP contribution in [0.4, 0.5) is 5.69 Å². The Morgan fingerprint density at radius 1 is 1.13 bits per heavy atom. The summed E-state index contributed by atoms with van der Waals surface area (Å²) in [5.41, 5.74) is 0.296. The van der Waals surface area contributed by atoms with Gasteiger partial charge < -0.3 is 15.4 Å². The normalized spacial score (nSPS) is 15.2. The number of rotatable bonds is 10. The quantitative estimate of drug-likeness (QED) is 0.557. The fourth-order valence-corrected chi connectivity index (χ4v) is 4.95. The standard InChI is InChI=1S/C21H34N4O5S/c1-5-30-19-10-9-17(31(28,29)25-11-7-6-8-12-25)13-18(19)23-21(27)15-24(4)14-20(26)22-16(2)3/h9-10,13,16H,5-8,11-12,14-15H2,1-4H3,(H,22,26)(H,23,27). The lowest BCUT2D eigenvalue weighted by Gasteiger charge is -2.26. The number of hydrogen-bond acceptors (Lipinski definition) is 6. The maximum Gasteiger partial charge on any atom is 0.243 e. The van der Waals surface area contributed by atoms with Crippen molar-refractivity contribution >= 4 is 27.5 Å². The number of nitrogens with one attached hydrogen (secondary N) is 2. The molecule has 0 unspecified atom stereocenters. The summed E-state index contributed by atoms with van der Waals surface area (Å²) in [6, 6.07) is 4.54. The fraction of sp³-hybridized carbons (Fsp3) is 0.619. The van der Waals surface area contributed by atoms with Crippen molar-refractivity contribution in [3.63, 3.8) is 0 Å². The van der Waals surface area contributed by atoms with E-state index in [1.807, 2.05) is 20.8 Å². The number of piperidine rings is 1. The summed E-state index contributed by atoms with van der Waals surface area (Å²) in [5.74, 6) is -0.142. The van der Waals surface area contributed by atoms with E-state index in [-0.39, 0.29) is 35.8 Å². The predicted octanol–water partition coefficient (Wildman–Crippen LogP) is 1.65. The van der Waals surface area contributed by atoms with E-state index in [0.29, 0.717) is 31.1 Å². The van der Waals surface area contributed by atoms with E-state index < -0.39 is 10.0 Å². The molecule has 1 aliphatic rings. The third-order valence-corrected chi connectivity index (χ3v) is 6.65. The van der Waals surface area contributed by atoms with Gasteiger partial charge in [-0.3, -0.25) is 14.5 Å². The second kappa shape index (κ2) is 11.4. The van der Waals surface area contributed by atoms with Crippen molar-refractivity contribution in [3.05, 3.63) is 18.2 Å². The largest absolute Gasteiger partial charge is 0.492 e. The van der Waals surface area contributed by atoms with Gasteiger partial charge in [-0.15, -0.1) is 0 Å². The topological polar surface area (TPSA) is 108 Å². The van der Waals surface area contributed by atoms with Gasteiger partial charge in [0.15, 0.2) is 0 Å². The van der Waals surface area contributed by atoms with Gasteiger partial charge >= 0.3 is 0 Å². The molecule has 1 heterocycles. The lowest BCUT2D eigenvalue weighted by Crippen LogP contribution is -2.41. The zero-order valence-electron chi connectivity index (χ0n) is 18.8. The molecule has 2 amide bonds. The summed E-state index contributed by atoms with van der Waals surface area (Å²) in [7, 11) is -1.97. The van der Waals surface area contributed by atoms with E-state index in [9.17, 15) is 18.0 Å². The number of nitrogens with zero attached hydrogens (tertiary/aromatic N) is 2. The van der Waals surface area contributed by atoms with Gasteiger partial charge in [-0.05, 0) is 58.9 Å². The molecule has 0 aromatic heterocycles. The van der Waals surface area contributed by atoms with Gasteiger partial charge in [0.2, 0.25) is 21.8 Å². The molecule has 0 radical (unpaired) electrons. The number of carbonyl (C=O) groups excluding carboxylic acids is 2. The van der Waals surface area contributed by atoms with Crippen LogP contribution in [0.5, 0.6) is 5.75 Å². The van der Waals surface area contributed by atoms with E-state index in [1.165, 1.54) is 16.4 Å². The summed E-state index contributed by atoms with van der Waals surface area (Å²) in [4.78, 5) is 26.1. The summed E-state index contributed by atoms with van der Waals surface area (Å²) in [6.07, 6.45) is 2.71. The lowest BCUT2D eigenvalue weighted by molar-refractivity contribution is -0.123. The average Bonchev–Trinajstić information content (AvgIpc) is 2.69. The Kier molecular flexibility index (Phi) is 9.27. The lowest BCUT2D eigenvalue weighted by atomic mass is 10.2. The smallest absolute Gasteiger partial charge is 0.243 e. The first-order chi connectivity index (χ1) is 14.6. The minimum atomic E-state index is -3.64. The van der Waals surface area contributed by atoms with Crippen LogP contribution in [0.3, 0.4) is 0 Å². The molecule has 2 rings (SSSR count). The molecular formula is C21H34N4O5S. The highest BCUT2D eigenvalue weighted by Gasteiger charge is 2.27. The zero-order chi connectivity index (χ0) is 23.0. The van der Waals surface area contributed by atoms with Crippen LogP contribution in [0.2, 0.25) is 0 Å². The van der Waals surface area contributed by atoms with Crippen LogP contribution in [0.15, 0.2) is 23.1 Å². The van der Waals surface area contributed by atoms with Gasteiger partial charge in [0.25, 0.3) is 0 Å². The Morgan fingerprint density at radius 3 is 2.39 bits per heavy atom. The zero-order valence-corrected chi connectivity index (χ0v) is 19.6. The molecule has 0 spiro atoms. The first-order valence-corrected chi connectivity index (χ1v) is 12.1. The number of likely N-dealkylation sites (N-methyl/N-ethyl adjacent to an activating group) is 1. The van der Waals surface area contributed by atoms with Crippen LogP contribution < -0.4 is 15.4 Å². The van der Waals surface area contributed by atoms with Crippen LogP contribution in [0, 0.1) is 0 Å². The van der Waals surface area contributed by atoms with Gasteiger partial charge in [-0.2, -0.15) is 4.31 Å². The van der Waals surface area contributed by atoms with Crippen molar-refractivity contribution < 1.29 is 22.7 Å². The van der Waals surface area contributed by atoms with Crippen molar-refractivity contribution in [2.75, 3.05) is 45.2 Å². The molecule has 0 bridgehead atoms. The maximum atomic E-state index is 13.0. The van der Waals surface area contributed by atoms with Crippen LogP contribution in [0.25, 0.3) is 0 Å². The molecular weight excluding hydrogens is 420 g/mol. The Balaban J connectivity index is 2.13. The summed E-state index contributed by atoms with van der Waals surface area (Å²) < 4.78 is 33.1. The van der Waals surface area contributed by atoms with Gasteiger partial charge in [0, 0.05) is 19.1 Å². The molecule has 1 aromatic carbocycles. The van der Waals surface area contributed by atoms with Crippen molar-refractivity contribution in [1.82, 2.24) is 14.5 Å². The highest BCUT2D eigenvalue weighted by Crippen LogP contribution is 2.30.